The number of carbonyl (C=O) groups is 1. The molecule has 1 atom stereocenters. The molecule has 1 unspecified atom stereocenters. The molecule has 1 amide bonds. The smallest absolute Gasteiger partial charge is 0.351 e. The van der Waals surface area contributed by atoms with Crippen molar-refractivity contribution in [3.05, 3.63) is 16.4 Å². The van der Waals surface area contributed by atoms with Gasteiger partial charge in [-0.25, -0.2) is 0 Å². The summed E-state index contributed by atoms with van der Waals surface area (Å²) in [4.78, 5) is 14.7. The van der Waals surface area contributed by atoms with Gasteiger partial charge in [-0.1, -0.05) is 51.1 Å². The Bertz CT molecular complexity index is 624. The second-order valence-corrected chi connectivity index (χ2v) is 7.96. The number of halogens is 4. The van der Waals surface area contributed by atoms with E-state index in [1.165, 1.54) is 19.8 Å². The van der Waals surface area contributed by atoms with Gasteiger partial charge in [-0.2, -0.15) is 18.3 Å². The molecule has 1 rings (SSSR count). The van der Waals surface area contributed by atoms with Crippen molar-refractivity contribution in [2.45, 2.75) is 85.0 Å². The van der Waals surface area contributed by atoms with E-state index in [1.807, 2.05) is 6.92 Å². The summed E-state index contributed by atoms with van der Waals surface area (Å²) in [7, 11) is 0. The molecule has 0 aliphatic carbocycles. The molecule has 0 fully saturated rings. The van der Waals surface area contributed by atoms with E-state index in [1.54, 1.807) is 0 Å². The zero-order chi connectivity index (χ0) is 22.0. The van der Waals surface area contributed by atoms with Crippen LogP contribution in [0.4, 0.5) is 13.2 Å². The first-order valence-electron chi connectivity index (χ1n) is 10.4. The monoisotopic (exact) mass is 438 g/mol. The Kier molecular flexibility index (Phi) is 11.0. The maximum absolute atomic E-state index is 12.9. The van der Waals surface area contributed by atoms with E-state index in [2.05, 4.69) is 29.2 Å². The summed E-state index contributed by atoms with van der Waals surface area (Å²) < 4.78 is 39.8. The number of unbranched alkanes of at least 4 members (excludes halogenated alkanes) is 4. The van der Waals surface area contributed by atoms with Crippen molar-refractivity contribution in [2.75, 3.05) is 19.6 Å². The SMILES string of the molecule is CCCCCN(CCCCC)CC(C)NC(=O)Cn1nc(C(F)(F)F)c(Cl)c1C. The highest BCUT2D eigenvalue weighted by Gasteiger charge is 2.38. The summed E-state index contributed by atoms with van der Waals surface area (Å²) in [5, 5.41) is 5.88. The van der Waals surface area contributed by atoms with Gasteiger partial charge in [0.25, 0.3) is 0 Å². The highest BCUT2D eigenvalue weighted by molar-refractivity contribution is 6.32. The zero-order valence-electron chi connectivity index (χ0n) is 17.9. The molecule has 0 saturated carbocycles. The second-order valence-electron chi connectivity index (χ2n) is 7.59. The molecule has 0 spiro atoms. The van der Waals surface area contributed by atoms with Crippen molar-refractivity contribution in [2.24, 2.45) is 0 Å². The molecule has 29 heavy (non-hydrogen) atoms. The normalized spacial score (nSPS) is 13.1. The van der Waals surface area contributed by atoms with E-state index in [-0.39, 0.29) is 24.2 Å². The molecule has 1 heterocycles. The summed E-state index contributed by atoms with van der Waals surface area (Å²) >= 11 is 5.74. The topological polar surface area (TPSA) is 50.2 Å². The number of alkyl halides is 3. The number of hydrogen-bond donors (Lipinski definition) is 1. The van der Waals surface area contributed by atoms with Gasteiger partial charge in [-0.05, 0) is 39.8 Å². The first-order valence-corrected chi connectivity index (χ1v) is 10.8. The van der Waals surface area contributed by atoms with Gasteiger partial charge < -0.3 is 10.2 Å². The summed E-state index contributed by atoms with van der Waals surface area (Å²) in [6.07, 6.45) is 2.25. The summed E-state index contributed by atoms with van der Waals surface area (Å²) in [5.41, 5.74) is -1.03. The van der Waals surface area contributed by atoms with Crippen LogP contribution in [0.2, 0.25) is 5.02 Å². The van der Waals surface area contributed by atoms with Gasteiger partial charge in [-0.15, -0.1) is 0 Å². The zero-order valence-corrected chi connectivity index (χ0v) is 18.7. The molecule has 9 heteroatoms. The van der Waals surface area contributed by atoms with Crippen LogP contribution in [0.15, 0.2) is 0 Å². The average molecular weight is 439 g/mol. The third-order valence-corrected chi connectivity index (χ3v) is 5.24. The molecule has 1 N–H and O–H groups in total. The van der Waals surface area contributed by atoms with E-state index < -0.39 is 16.9 Å². The number of nitrogens with zero attached hydrogens (tertiary/aromatic N) is 3. The lowest BCUT2D eigenvalue weighted by Gasteiger charge is -2.26. The van der Waals surface area contributed by atoms with Crippen LogP contribution in [0.25, 0.3) is 0 Å². The van der Waals surface area contributed by atoms with Gasteiger partial charge in [0.2, 0.25) is 5.91 Å². The summed E-state index contributed by atoms with van der Waals surface area (Å²) in [6, 6.07) is -0.112. The number of rotatable bonds is 13. The minimum absolute atomic E-state index is 0.112. The fraction of sp³-hybridized carbons (Fsp3) is 0.800. The molecule has 0 saturated heterocycles. The van der Waals surface area contributed by atoms with Crippen LogP contribution in [0, 0.1) is 6.92 Å². The third-order valence-electron chi connectivity index (χ3n) is 4.79. The van der Waals surface area contributed by atoms with Gasteiger partial charge in [-0.3, -0.25) is 9.48 Å². The molecular weight excluding hydrogens is 405 g/mol. The Hall–Kier alpha value is -1.28. The molecule has 5 nitrogen and oxygen atoms in total. The van der Waals surface area contributed by atoms with Crippen LogP contribution in [-0.2, 0) is 17.5 Å². The molecule has 0 radical (unpaired) electrons. The van der Waals surface area contributed by atoms with Crippen LogP contribution in [-0.4, -0.2) is 46.3 Å². The van der Waals surface area contributed by atoms with Crippen molar-refractivity contribution in [3.63, 3.8) is 0 Å². The number of aromatic nitrogens is 2. The van der Waals surface area contributed by atoms with Gasteiger partial charge >= 0.3 is 6.18 Å². The average Bonchev–Trinajstić information content (AvgIpc) is 2.90. The fourth-order valence-corrected chi connectivity index (χ4v) is 3.46. The van der Waals surface area contributed by atoms with Crippen molar-refractivity contribution >= 4 is 17.5 Å². The highest BCUT2D eigenvalue weighted by Crippen LogP contribution is 2.35. The van der Waals surface area contributed by atoms with Gasteiger partial charge in [0.1, 0.15) is 6.54 Å². The van der Waals surface area contributed by atoms with Gasteiger partial charge in [0.15, 0.2) is 5.69 Å². The number of hydrogen-bond acceptors (Lipinski definition) is 3. The Balaban J connectivity index is 2.63. The van der Waals surface area contributed by atoms with Crippen LogP contribution >= 0.6 is 11.6 Å². The molecular formula is C20H34ClF3N4O. The maximum Gasteiger partial charge on any atom is 0.436 e. The van der Waals surface area contributed by atoms with Crippen LogP contribution in [0.5, 0.6) is 0 Å². The lowest BCUT2D eigenvalue weighted by molar-refractivity contribution is -0.141. The quantitative estimate of drug-likeness (QED) is 0.438. The molecule has 0 aromatic carbocycles. The van der Waals surface area contributed by atoms with E-state index in [4.69, 9.17) is 11.6 Å². The predicted octanol–water partition coefficient (Wildman–Crippen LogP) is 5.05. The third kappa shape index (κ3) is 8.95. The Morgan fingerprint density at radius 3 is 2.17 bits per heavy atom. The predicted molar refractivity (Wildman–Crippen MR) is 110 cm³/mol. The standard InChI is InChI=1S/C20H34ClF3N4O/c1-5-7-9-11-27(12-10-8-6-2)13-15(3)25-17(29)14-28-16(4)18(21)19(26-28)20(22,23)24/h15H,5-14H2,1-4H3,(H,25,29). The van der Waals surface area contributed by atoms with E-state index in [0.29, 0.717) is 6.54 Å². The van der Waals surface area contributed by atoms with Crippen molar-refractivity contribution in [1.29, 1.82) is 0 Å². The van der Waals surface area contributed by atoms with Crippen molar-refractivity contribution in [3.8, 4) is 0 Å². The minimum atomic E-state index is -4.64. The lowest BCUT2D eigenvalue weighted by Crippen LogP contribution is -2.43. The van der Waals surface area contributed by atoms with Crippen molar-refractivity contribution < 1.29 is 18.0 Å². The minimum Gasteiger partial charge on any atom is -0.351 e. The molecule has 0 aliphatic rings. The van der Waals surface area contributed by atoms with Crippen molar-refractivity contribution in [1.82, 2.24) is 20.0 Å². The van der Waals surface area contributed by atoms with E-state index >= 15 is 0 Å². The number of amides is 1. The Morgan fingerprint density at radius 2 is 1.72 bits per heavy atom. The summed E-state index contributed by atoms with van der Waals surface area (Å²) in [5.74, 6) is -0.379. The fourth-order valence-electron chi connectivity index (χ4n) is 3.21. The molecule has 0 aliphatic heterocycles. The van der Waals surface area contributed by atoms with E-state index in [9.17, 15) is 18.0 Å². The molecule has 1 aromatic rings. The number of carbonyl (C=O) groups excluding carboxylic acids is 1. The van der Waals surface area contributed by atoms with Gasteiger partial charge in [0.05, 0.1) is 10.7 Å². The number of nitrogens with one attached hydrogen (secondary N) is 1. The molecule has 0 bridgehead atoms. The first kappa shape index (κ1) is 25.8. The highest BCUT2D eigenvalue weighted by atomic mass is 35.5. The largest absolute Gasteiger partial charge is 0.436 e. The second kappa shape index (κ2) is 12.4. The molecule has 168 valence electrons. The lowest BCUT2D eigenvalue weighted by atomic mass is 10.2. The van der Waals surface area contributed by atoms with Crippen LogP contribution < -0.4 is 5.32 Å². The van der Waals surface area contributed by atoms with Gasteiger partial charge in [0, 0.05) is 12.6 Å². The Morgan fingerprint density at radius 1 is 1.17 bits per heavy atom. The molecule has 1 aromatic heterocycles. The van der Waals surface area contributed by atoms with E-state index in [0.717, 1.165) is 43.5 Å². The summed E-state index contributed by atoms with van der Waals surface area (Å²) in [6.45, 7) is 10.1. The van der Waals surface area contributed by atoms with Crippen LogP contribution in [0.3, 0.4) is 0 Å². The maximum atomic E-state index is 12.9. The first-order chi connectivity index (χ1) is 13.6. The Labute approximate surface area is 177 Å². The van der Waals surface area contributed by atoms with Crippen LogP contribution in [0.1, 0.15) is 70.7 Å².